The average molecular weight is 324 g/mol. The van der Waals surface area contributed by atoms with E-state index < -0.39 is 0 Å². The Balaban J connectivity index is 1.88. The van der Waals surface area contributed by atoms with Crippen molar-refractivity contribution in [2.24, 2.45) is 11.8 Å². The monoisotopic (exact) mass is 323 g/mol. The molecule has 0 aromatic heterocycles. The van der Waals surface area contributed by atoms with Crippen molar-refractivity contribution in [3.8, 4) is 0 Å². The van der Waals surface area contributed by atoms with Crippen molar-refractivity contribution in [2.75, 3.05) is 13.6 Å². The molecule has 0 N–H and O–H groups in total. The Hall–Kier alpha value is -0.670. The molecule has 1 aromatic carbocycles. The third-order valence-corrected chi connectivity index (χ3v) is 4.45. The third kappa shape index (κ3) is 4.43. The summed E-state index contributed by atoms with van der Waals surface area (Å²) in [6.07, 6.45) is 2.91. The molecule has 0 bridgehead atoms. The minimum absolute atomic E-state index is 0.240. The molecule has 19 heavy (non-hydrogen) atoms. The van der Waals surface area contributed by atoms with Crippen LogP contribution in [-0.2, 0) is 11.3 Å². The second kappa shape index (κ2) is 6.67. The third-order valence-electron chi connectivity index (χ3n) is 3.92. The molecule has 0 aliphatic heterocycles. The standard InChI is InChI=1S/C16H22BrNO/c1-12-3-8-16(19)14(9-12)11-18(2)10-13-4-6-15(17)7-5-13/h4-7,12,14H,3,8-11H2,1-2H3. The zero-order chi connectivity index (χ0) is 13.8. The fraction of sp³-hybridized carbons (Fsp3) is 0.562. The molecule has 0 saturated heterocycles. The van der Waals surface area contributed by atoms with E-state index in [-0.39, 0.29) is 5.92 Å². The smallest absolute Gasteiger partial charge is 0.137 e. The molecule has 2 rings (SSSR count). The van der Waals surface area contributed by atoms with Gasteiger partial charge in [0.25, 0.3) is 0 Å². The van der Waals surface area contributed by atoms with Crippen LogP contribution in [0, 0.1) is 11.8 Å². The predicted octanol–water partition coefficient (Wildman–Crippen LogP) is 3.89. The largest absolute Gasteiger partial charge is 0.301 e. The first-order valence-electron chi connectivity index (χ1n) is 7.00. The molecular weight excluding hydrogens is 302 g/mol. The zero-order valence-electron chi connectivity index (χ0n) is 11.7. The van der Waals surface area contributed by atoms with Gasteiger partial charge in [0.05, 0.1) is 0 Å². The second-order valence-corrected chi connectivity index (χ2v) is 6.78. The van der Waals surface area contributed by atoms with Gasteiger partial charge in [0.15, 0.2) is 0 Å². The number of hydrogen-bond acceptors (Lipinski definition) is 2. The van der Waals surface area contributed by atoms with Gasteiger partial charge in [-0.05, 0) is 43.5 Å². The van der Waals surface area contributed by atoms with Crippen LogP contribution in [0.15, 0.2) is 28.7 Å². The molecule has 1 aliphatic rings. The number of carbonyl (C=O) groups is 1. The normalized spacial score (nSPS) is 23.9. The molecule has 2 atom stereocenters. The van der Waals surface area contributed by atoms with Gasteiger partial charge in [0.1, 0.15) is 5.78 Å². The van der Waals surface area contributed by atoms with Gasteiger partial charge < -0.3 is 4.90 Å². The highest BCUT2D eigenvalue weighted by molar-refractivity contribution is 9.10. The van der Waals surface area contributed by atoms with E-state index in [0.29, 0.717) is 11.7 Å². The van der Waals surface area contributed by atoms with Gasteiger partial charge in [0.2, 0.25) is 0 Å². The van der Waals surface area contributed by atoms with E-state index in [0.717, 1.165) is 36.8 Å². The maximum atomic E-state index is 11.9. The Kier molecular flexibility index (Phi) is 5.17. The predicted molar refractivity (Wildman–Crippen MR) is 82.0 cm³/mol. The fourth-order valence-corrected chi connectivity index (χ4v) is 3.11. The maximum absolute atomic E-state index is 11.9. The summed E-state index contributed by atoms with van der Waals surface area (Å²) >= 11 is 3.45. The summed E-state index contributed by atoms with van der Waals surface area (Å²) in [6, 6.07) is 8.39. The minimum atomic E-state index is 0.240. The van der Waals surface area contributed by atoms with E-state index in [1.165, 1.54) is 5.56 Å². The molecular formula is C16H22BrNO. The molecule has 2 unspecified atom stereocenters. The van der Waals surface area contributed by atoms with Crippen molar-refractivity contribution in [1.29, 1.82) is 0 Å². The molecule has 0 amide bonds. The molecule has 0 radical (unpaired) electrons. The first-order valence-corrected chi connectivity index (χ1v) is 7.79. The van der Waals surface area contributed by atoms with Crippen LogP contribution in [0.3, 0.4) is 0 Å². The quantitative estimate of drug-likeness (QED) is 0.837. The lowest BCUT2D eigenvalue weighted by molar-refractivity contribution is -0.126. The van der Waals surface area contributed by atoms with Crippen molar-refractivity contribution in [3.05, 3.63) is 34.3 Å². The molecule has 1 aliphatic carbocycles. The van der Waals surface area contributed by atoms with Crippen LogP contribution in [0.5, 0.6) is 0 Å². The van der Waals surface area contributed by atoms with Gasteiger partial charge in [-0.1, -0.05) is 35.0 Å². The topological polar surface area (TPSA) is 20.3 Å². The first kappa shape index (κ1) is 14.7. The Labute approximate surface area is 124 Å². The zero-order valence-corrected chi connectivity index (χ0v) is 13.3. The molecule has 1 fully saturated rings. The van der Waals surface area contributed by atoms with Gasteiger partial charge in [-0.15, -0.1) is 0 Å². The first-order chi connectivity index (χ1) is 9.04. The van der Waals surface area contributed by atoms with Gasteiger partial charge in [-0.2, -0.15) is 0 Å². The maximum Gasteiger partial charge on any atom is 0.137 e. The number of rotatable bonds is 4. The van der Waals surface area contributed by atoms with Crippen molar-refractivity contribution >= 4 is 21.7 Å². The molecule has 1 saturated carbocycles. The number of hydrogen-bond donors (Lipinski definition) is 0. The molecule has 1 aromatic rings. The van der Waals surface area contributed by atoms with Crippen LogP contribution in [0.2, 0.25) is 0 Å². The number of Topliss-reactive ketones (excluding diaryl/α,β-unsaturated/α-hetero) is 1. The lowest BCUT2D eigenvalue weighted by Gasteiger charge is -2.29. The molecule has 0 heterocycles. The summed E-state index contributed by atoms with van der Waals surface area (Å²) in [6.45, 7) is 4.05. The molecule has 2 nitrogen and oxygen atoms in total. The lowest BCUT2D eigenvalue weighted by Crippen LogP contribution is -2.34. The highest BCUT2D eigenvalue weighted by atomic mass is 79.9. The van der Waals surface area contributed by atoms with Crippen molar-refractivity contribution < 1.29 is 4.79 Å². The summed E-state index contributed by atoms with van der Waals surface area (Å²) in [5.41, 5.74) is 1.29. The summed E-state index contributed by atoms with van der Waals surface area (Å²) in [5.74, 6) is 1.40. The van der Waals surface area contributed by atoms with Crippen molar-refractivity contribution in [3.63, 3.8) is 0 Å². The summed E-state index contributed by atoms with van der Waals surface area (Å²) < 4.78 is 1.11. The molecule has 3 heteroatoms. The summed E-state index contributed by atoms with van der Waals surface area (Å²) in [4.78, 5) is 14.2. The SMILES string of the molecule is CC1CCC(=O)C(CN(C)Cc2ccc(Br)cc2)C1. The van der Waals surface area contributed by atoms with E-state index >= 15 is 0 Å². The number of halogens is 1. The summed E-state index contributed by atoms with van der Waals surface area (Å²) in [5, 5.41) is 0. The molecule has 104 valence electrons. The van der Waals surface area contributed by atoms with Crippen LogP contribution in [0.1, 0.15) is 31.7 Å². The van der Waals surface area contributed by atoms with Crippen molar-refractivity contribution in [2.45, 2.75) is 32.7 Å². The van der Waals surface area contributed by atoms with Gasteiger partial charge >= 0.3 is 0 Å². The van der Waals surface area contributed by atoms with Crippen LogP contribution in [0.4, 0.5) is 0 Å². The number of nitrogens with zero attached hydrogens (tertiary/aromatic N) is 1. The number of ketones is 1. The Morgan fingerprint density at radius 2 is 2.00 bits per heavy atom. The van der Waals surface area contributed by atoms with E-state index in [9.17, 15) is 4.79 Å². The van der Waals surface area contributed by atoms with Crippen LogP contribution < -0.4 is 0 Å². The van der Waals surface area contributed by atoms with Gasteiger partial charge in [0, 0.05) is 29.9 Å². The van der Waals surface area contributed by atoms with E-state index in [4.69, 9.17) is 0 Å². The average Bonchev–Trinajstić information content (AvgIpc) is 2.37. The van der Waals surface area contributed by atoms with E-state index in [1.807, 2.05) is 0 Å². The highest BCUT2D eigenvalue weighted by Crippen LogP contribution is 2.26. The van der Waals surface area contributed by atoms with E-state index in [2.05, 4.69) is 59.1 Å². The lowest BCUT2D eigenvalue weighted by atomic mass is 9.81. The fourth-order valence-electron chi connectivity index (χ4n) is 2.85. The van der Waals surface area contributed by atoms with Gasteiger partial charge in [-0.3, -0.25) is 4.79 Å². The van der Waals surface area contributed by atoms with Crippen molar-refractivity contribution in [1.82, 2.24) is 4.90 Å². The van der Waals surface area contributed by atoms with Gasteiger partial charge in [-0.25, -0.2) is 0 Å². The Morgan fingerprint density at radius 3 is 2.68 bits per heavy atom. The number of benzene rings is 1. The highest BCUT2D eigenvalue weighted by Gasteiger charge is 2.27. The van der Waals surface area contributed by atoms with Crippen LogP contribution in [-0.4, -0.2) is 24.3 Å². The van der Waals surface area contributed by atoms with E-state index in [1.54, 1.807) is 0 Å². The van der Waals surface area contributed by atoms with Crippen LogP contribution >= 0.6 is 15.9 Å². The van der Waals surface area contributed by atoms with Crippen LogP contribution in [0.25, 0.3) is 0 Å². The Bertz CT molecular complexity index is 429. The molecule has 0 spiro atoms. The summed E-state index contributed by atoms with van der Waals surface area (Å²) in [7, 11) is 2.11. The second-order valence-electron chi connectivity index (χ2n) is 5.87. The minimum Gasteiger partial charge on any atom is -0.301 e. The Morgan fingerprint density at radius 1 is 1.32 bits per heavy atom. The number of carbonyl (C=O) groups excluding carboxylic acids is 1.